The normalized spacial score (nSPS) is 28.4. The Kier molecular flexibility index (Phi) is 1.77. The Balaban J connectivity index is 1.95. The first-order valence-corrected chi connectivity index (χ1v) is 5.35. The first kappa shape index (κ1) is 8.30. The van der Waals surface area contributed by atoms with Gasteiger partial charge in [0, 0.05) is 12.0 Å². The summed E-state index contributed by atoms with van der Waals surface area (Å²) in [6.07, 6.45) is 2.35. The van der Waals surface area contributed by atoms with E-state index >= 15 is 0 Å². The van der Waals surface area contributed by atoms with Gasteiger partial charge < -0.3 is 10.5 Å². The Hall–Kier alpha value is -1.02. The van der Waals surface area contributed by atoms with E-state index in [9.17, 15) is 0 Å². The van der Waals surface area contributed by atoms with Gasteiger partial charge in [-0.05, 0) is 36.4 Å². The van der Waals surface area contributed by atoms with Crippen molar-refractivity contribution in [1.29, 1.82) is 0 Å². The van der Waals surface area contributed by atoms with Crippen molar-refractivity contribution in [2.45, 2.75) is 18.8 Å². The van der Waals surface area contributed by atoms with Crippen LogP contribution in [-0.4, -0.2) is 13.2 Å². The van der Waals surface area contributed by atoms with E-state index in [4.69, 9.17) is 10.5 Å². The molecule has 1 aromatic carbocycles. The molecule has 0 saturated heterocycles. The van der Waals surface area contributed by atoms with Crippen LogP contribution in [0, 0.1) is 5.92 Å². The quantitative estimate of drug-likeness (QED) is 0.768. The van der Waals surface area contributed by atoms with Crippen molar-refractivity contribution < 1.29 is 4.74 Å². The SMILES string of the molecule is NCC1C[C@H]1c1cccc2c1CCO2. The van der Waals surface area contributed by atoms with Gasteiger partial charge in [-0.2, -0.15) is 0 Å². The molecule has 2 nitrogen and oxygen atoms in total. The second-order valence-electron chi connectivity index (χ2n) is 4.26. The summed E-state index contributed by atoms with van der Waals surface area (Å²) in [5, 5.41) is 0. The molecule has 14 heavy (non-hydrogen) atoms. The van der Waals surface area contributed by atoms with E-state index < -0.39 is 0 Å². The average Bonchev–Trinajstić information content (AvgIpc) is 2.85. The number of nitrogens with two attached hydrogens (primary N) is 1. The molecule has 0 spiro atoms. The molecule has 0 radical (unpaired) electrons. The number of benzene rings is 1. The molecule has 74 valence electrons. The van der Waals surface area contributed by atoms with Crippen LogP contribution in [0.1, 0.15) is 23.5 Å². The van der Waals surface area contributed by atoms with Crippen LogP contribution >= 0.6 is 0 Å². The van der Waals surface area contributed by atoms with Crippen LogP contribution in [0.4, 0.5) is 0 Å². The molecular formula is C12H15NO. The Labute approximate surface area is 84.1 Å². The molecule has 2 atom stereocenters. The number of hydrogen-bond acceptors (Lipinski definition) is 2. The third-order valence-electron chi connectivity index (χ3n) is 3.40. The zero-order valence-corrected chi connectivity index (χ0v) is 8.20. The Bertz CT molecular complexity index is 361. The zero-order chi connectivity index (χ0) is 9.54. The van der Waals surface area contributed by atoms with Gasteiger partial charge in [-0.1, -0.05) is 12.1 Å². The predicted molar refractivity (Wildman–Crippen MR) is 55.5 cm³/mol. The summed E-state index contributed by atoms with van der Waals surface area (Å²) < 4.78 is 5.55. The third kappa shape index (κ3) is 1.14. The van der Waals surface area contributed by atoms with Crippen LogP contribution in [0.5, 0.6) is 5.75 Å². The van der Waals surface area contributed by atoms with Crippen molar-refractivity contribution in [3.8, 4) is 5.75 Å². The molecule has 0 amide bonds. The van der Waals surface area contributed by atoms with Crippen LogP contribution in [0.25, 0.3) is 0 Å². The molecule has 1 unspecified atom stereocenters. The second kappa shape index (κ2) is 2.99. The second-order valence-corrected chi connectivity index (χ2v) is 4.26. The molecule has 3 rings (SSSR count). The maximum absolute atomic E-state index is 5.68. The van der Waals surface area contributed by atoms with E-state index in [-0.39, 0.29) is 0 Å². The largest absolute Gasteiger partial charge is 0.493 e. The van der Waals surface area contributed by atoms with Gasteiger partial charge >= 0.3 is 0 Å². The highest BCUT2D eigenvalue weighted by Crippen LogP contribution is 2.49. The number of rotatable bonds is 2. The predicted octanol–water partition coefficient (Wildman–Crippen LogP) is 1.68. The van der Waals surface area contributed by atoms with Gasteiger partial charge in [-0.25, -0.2) is 0 Å². The Morgan fingerprint density at radius 1 is 1.43 bits per heavy atom. The maximum atomic E-state index is 5.68. The van der Waals surface area contributed by atoms with E-state index in [0.717, 1.165) is 37.2 Å². The first-order chi connectivity index (χ1) is 6.90. The molecule has 1 heterocycles. The van der Waals surface area contributed by atoms with E-state index in [1.54, 1.807) is 0 Å². The summed E-state index contributed by atoms with van der Waals surface area (Å²) in [5.41, 5.74) is 8.61. The van der Waals surface area contributed by atoms with Crippen molar-refractivity contribution >= 4 is 0 Å². The molecule has 0 bridgehead atoms. The number of hydrogen-bond donors (Lipinski definition) is 1. The summed E-state index contributed by atoms with van der Waals surface area (Å²) in [6, 6.07) is 6.42. The van der Waals surface area contributed by atoms with E-state index in [1.807, 2.05) is 0 Å². The molecule has 1 aliphatic heterocycles. The fourth-order valence-electron chi connectivity index (χ4n) is 2.48. The third-order valence-corrected chi connectivity index (χ3v) is 3.40. The Morgan fingerprint density at radius 3 is 3.14 bits per heavy atom. The van der Waals surface area contributed by atoms with Gasteiger partial charge in [0.25, 0.3) is 0 Å². The lowest BCUT2D eigenvalue weighted by molar-refractivity contribution is 0.357. The van der Waals surface area contributed by atoms with Gasteiger partial charge in [0.05, 0.1) is 6.61 Å². The summed E-state index contributed by atoms with van der Waals surface area (Å²) in [7, 11) is 0. The molecule has 2 heteroatoms. The minimum atomic E-state index is 0.719. The molecule has 1 saturated carbocycles. The fourth-order valence-corrected chi connectivity index (χ4v) is 2.48. The lowest BCUT2D eigenvalue weighted by Gasteiger charge is -2.05. The lowest BCUT2D eigenvalue weighted by atomic mass is 10.00. The topological polar surface area (TPSA) is 35.2 Å². The highest BCUT2D eigenvalue weighted by atomic mass is 16.5. The zero-order valence-electron chi connectivity index (χ0n) is 8.20. The van der Waals surface area contributed by atoms with Crippen molar-refractivity contribution in [2.75, 3.05) is 13.2 Å². The van der Waals surface area contributed by atoms with Gasteiger partial charge in [0.15, 0.2) is 0 Å². The van der Waals surface area contributed by atoms with Gasteiger partial charge in [-0.3, -0.25) is 0 Å². The minimum absolute atomic E-state index is 0.719. The highest BCUT2D eigenvalue weighted by Gasteiger charge is 2.39. The van der Waals surface area contributed by atoms with Crippen molar-refractivity contribution in [2.24, 2.45) is 11.7 Å². The summed E-state index contributed by atoms with van der Waals surface area (Å²) in [6.45, 7) is 1.68. The first-order valence-electron chi connectivity index (χ1n) is 5.35. The molecule has 1 aliphatic carbocycles. The van der Waals surface area contributed by atoms with Crippen LogP contribution in [0.3, 0.4) is 0 Å². The monoisotopic (exact) mass is 189 g/mol. The molecule has 1 aromatic rings. The van der Waals surface area contributed by atoms with E-state index in [2.05, 4.69) is 18.2 Å². The summed E-state index contributed by atoms with van der Waals surface area (Å²) in [5.74, 6) is 2.55. The highest BCUT2D eigenvalue weighted by molar-refractivity contribution is 5.46. The van der Waals surface area contributed by atoms with Gasteiger partial charge in [-0.15, -0.1) is 0 Å². The van der Waals surface area contributed by atoms with Crippen LogP contribution in [-0.2, 0) is 6.42 Å². The van der Waals surface area contributed by atoms with E-state index in [1.165, 1.54) is 17.5 Å². The van der Waals surface area contributed by atoms with Gasteiger partial charge in [0.1, 0.15) is 5.75 Å². The Morgan fingerprint density at radius 2 is 2.36 bits per heavy atom. The molecule has 2 N–H and O–H groups in total. The molecular weight excluding hydrogens is 174 g/mol. The van der Waals surface area contributed by atoms with Crippen LogP contribution < -0.4 is 10.5 Å². The van der Waals surface area contributed by atoms with E-state index in [0.29, 0.717) is 0 Å². The van der Waals surface area contributed by atoms with Crippen LogP contribution in [0.2, 0.25) is 0 Å². The minimum Gasteiger partial charge on any atom is -0.493 e. The summed E-state index contributed by atoms with van der Waals surface area (Å²) in [4.78, 5) is 0. The number of ether oxygens (including phenoxy) is 1. The summed E-state index contributed by atoms with van der Waals surface area (Å²) >= 11 is 0. The van der Waals surface area contributed by atoms with Crippen LogP contribution in [0.15, 0.2) is 18.2 Å². The van der Waals surface area contributed by atoms with Gasteiger partial charge in [0.2, 0.25) is 0 Å². The standard InChI is InChI=1S/C12H15NO/c13-7-8-6-11(8)9-2-1-3-12-10(9)4-5-14-12/h1-3,8,11H,4-7,13H2/t8?,11-/m1/s1. The van der Waals surface area contributed by atoms with Crippen molar-refractivity contribution in [1.82, 2.24) is 0 Å². The average molecular weight is 189 g/mol. The molecule has 2 aliphatic rings. The smallest absolute Gasteiger partial charge is 0.122 e. The molecule has 1 fully saturated rings. The van der Waals surface area contributed by atoms with Crippen molar-refractivity contribution in [3.05, 3.63) is 29.3 Å². The number of fused-ring (bicyclic) bond motifs is 1. The molecule has 0 aromatic heterocycles. The van der Waals surface area contributed by atoms with Crippen molar-refractivity contribution in [3.63, 3.8) is 0 Å². The fraction of sp³-hybridized carbons (Fsp3) is 0.500. The lowest BCUT2D eigenvalue weighted by Crippen LogP contribution is -2.02. The maximum Gasteiger partial charge on any atom is 0.122 e.